The molecule has 0 aliphatic carbocycles. The zero-order valence-electron chi connectivity index (χ0n) is 15.9. The first kappa shape index (κ1) is 21.1. The fourth-order valence-corrected chi connectivity index (χ4v) is 3.75. The molecule has 1 aromatic heterocycles. The van der Waals surface area contributed by atoms with Gasteiger partial charge in [-0.05, 0) is 17.7 Å². The van der Waals surface area contributed by atoms with Gasteiger partial charge in [-0.1, -0.05) is 12.1 Å². The monoisotopic (exact) mass is 432 g/mol. The maximum atomic E-state index is 13.1. The first-order chi connectivity index (χ1) is 14.7. The molecule has 0 saturated carbocycles. The molecule has 0 radical (unpaired) electrons. The van der Waals surface area contributed by atoms with Crippen molar-refractivity contribution in [3.63, 3.8) is 0 Å². The Morgan fingerprint density at radius 3 is 2.23 bits per heavy atom. The first-order valence-corrected chi connectivity index (χ1v) is 9.34. The van der Waals surface area contributed by atoms with E-state index >= 15 is 0 Å². The maximum Gasteiger partial charge on any atom is 0.204 e. The highest BCUT2D eigenvalue weighted by Gasteiger charge is 2.46. The van der Waals surface area contributed by atoms with Crippen molar-refractivity contribution in [2.45, 2.75) is 30.5 Å². The first-order valence-electron chi connectivity index (χ1n) is 9.34. The number of aliphatic hydroxyl groups is 4. The van der Waals surface area contributed by atoms with E-state index in [0.717, 1.165) is 12.3 Å². The van der Waals surface area contributed by atoms with Crippen molar-refractivity contribution in [2.75, 3.05) is 6.61 Å². The number of phenols is 3. The van der Waals surface area contributed by atoms with E-state index in [0.29, 0.717) is 5.56 Å². The molecule has 0 amide bonds. The molecule has 4 rings (SSSR count). The van der Waals surface area contributed by atoms with Gasteiger partial charge in [-0.3, -0.25) is 4.79 Å². The SMILES string of the molecule is O=c1c(-c2ccc(O)cc2)coc2c([C@H]3O[C@@H](CO)[C@@H](O)[C@@H](O)[C@H]3O)c(O)cc(O)c12. The topological polar surface area (TPSA) is 181 Å². The molecule has 2 heterocycles. The summed E-state index contributed by atoms with van der Waals surface area (Å²) in [5.74, 6) is -1.18. The lowest BCUT2D eigenvalue weighted by molar-refractivity contribution is -0.231. The van der Waals surface area contributed by atoms with Gasteiger partial charge in [-0.2, -0.15) is 0 Å². The second-order valence-electron chi connectivity index (χ2n) is 7.31. The van der Waals surface area contributed by atoms with E-state index in [1.807, 2.05) is 0 Å². The standard InChI is InChI=1S/C21H20O10/c22-6-13-17(27)18(28)19(29)21(31-13)15-12(25)5-11(24)14-16(26)10(7-30-20(14)15)8-1-3-9(23)4-2-8/h1-5,7,13,17-19,21-25,27-29H,6H2/t13-,17+,18+,19+,21+/m0/s1. The Morgan fingerprint density at radius 1 is 0.903 bits per heavy atom. The molecule has 31 heavy (non-hydrogen) atoms. The Hall–Kier alpha value is -3.15. The Balaban J connectivity index is 1.92. The molecular formula is C21H20O10. The fraction of sp³-hybridized carbons (Fsp3) is 0.286. The van der Waals surface area contributed by atoms with Crippen molar-refractivity contribution in [1.82, 2.24) is 0 Å². The number of rotatable bonds is 3. The molecule has 1 fully saturated rings. The molecule has 1 aliphatic heterocycles. The van der Waals surface area contributed by atoms with Gasteiger partial charge >= 0.3 is 0 Å². The minimum Gasteiger partial charge on any atom is -0.508 e. The summed E-state index contributed by atoms with van der Waals surface area (Å²) in [7, 11) is 0. The maximum absolute atomic E-state index is 13.1. The highest BCUT2D eigenvalue weighted by atomic mass is 16.5. The van der Waals surface area contributed by atoms with Crippen LogP contribution in [0.3, 0.4) is 0 Å². The summed E-state index contributed by atoms with van der Waals surface area (Å²) in [5.41, 5.74) is -0.729. The average Bonchev–Trinajstić information content (AvgIpc) is 2.74. The summed E-state index contributed by atoms with van der Waals surface area (Å²) in [6.45, 7) is -0.687. The van der Waals surface area contributed by atoms with Crippen LogP contribution < -0.4 is 5.43 Å². The van der Waals surface area contributed by atoms with Crippen molar-refractivity contribution < 1.29 is 44.9 Å². The summed E-state index contributed by atoms with van der Waals surface area (Å²) in [6, 6.07) is 6.56. The third-order valence-corrected chi connectivity index (χ3v) is 5.40. The molecule has 1 aliphatic rings. The van der Waals surface area contributed by atoms with E-state index in [4.69, 9.17) is 9.15 Å². The van der Waals surface area contributed by atoms with Crippen molar-refractivity contribution >= 4 is 11.0 Å². The largest absolute Gasteiger partial charge is 0.508 e. The predicted octanol–water partition coefficient (Wildman–Crippen LogP) is 0.0917. The molecule has 10 nitrogen and oxygen atoms in total. The van der Waals surface area contributed by atoms with Gasteiger partial charge in [-0.25, -0.2) is 0 Å². The van der Waals surface area contributed by atoms with Gasteiger partial charge in [-0.15, -0.1) is 0 Å². The smallest absolute Gasteiger partial charge is 0.204 e. The Bertz CT molecular complexity index is 1170. The lowest BCUT2D eigenvalue weighted by Crippen LogP contribution is -2.55. The zero-order chi connectivity index (χ0) is 22.4. The zero-order valence-corrected chi connectivity index (χ0v) is 15.9. The number of aliphatic hydroxyl groups excluding tert-OH is 4. The number of phenolic OH excluding ortho intramolecular Hbond substituents is 3. The van der Waals surface area contributed by atoms with Gasteiger partial charge in [0.1, 0.15) is 59.4 Å². The van der Waals surface area contributed by atoms with Crippen LogP contribution in [0.1, 0.15) is 11.7 Å². The average molecular weight is 432 g/mol. The highest BCUT2D eigenvalue weighted by Crippen LogP contribution is 2.43. The molecule has 164 valence electrons. The molecule has 0 spiro atoms. The van der Waals surface area contributed by atoms with Crippen LogP contribution in [-0.4, -0.2) is 66.8 Å². The molecule has 7 N–H and O–H groups in total. The van der Waals surface area contributed by atoms with Crippen LogP contribution in [-0.2, 0) is 4.74 Å². The van der Waals surface area contributed by atoms with Crippen LogP contribution >= 0.6 is 0 Å². The summed E-state index contributed by atoms with van der Waals surface area (Å²) in [5, 5.41) is 69.8. The molecule has 1 saturated heterocycles. The molecule has 3 aromatic rings. The Kier molecular flexibility index (Phi) is 5.33. The summed E-state index contributed by atoms with van der Waals surface area (Å²) < 4.78 is 11.0. The van der Waals surface area contributed by atoms with E-state index in [9.17, 15) is 40.5 Å². The number of benzene rings is 2. The van der Waals surface area contributed by atoms with Gasteiger partial charge in [0.2, 0.25) is 5.43 Å². The van der Waals surface area contributed by atoms with Crippen LogP contribution in [0.4, 0.5) is 0 Å². The minimum absolute atomic E-state index is 0.00778. The second-order valence-corrected chi connectivity index (χ2v) is 7.31. The number of hydrogen-bond donors (Lipinski definition) is 7. The van der Waals surface area contributed by atoms with Gasteiger partial charge in [0.15, 0.2) is 5.58 Å². The van der Waals surface area contributed by atoms with E-state index in [1.165, 1.54) is 24.3 Å². The number of aromatic hydroxyl groups is 3. The van der Waals surface area contributed by atoms with Gasteiger partial charge in [0.05, 0.1) is 17.7 Å². The van der Waals surface area contributed by atoms with E-state index in [1.54, 1.807) is 0 Å². The van der Waals surface area contributed by atoms with E-state index < -0.39 is 54.1 Å². The van der Waals surface area contributed by atoms with Crippen LogP contribution in [0.15, 0.2) is 45.8 Å². The van der Waals surface area contributed by atoms with Gasteiger partial charge in [0, 0.05) is 6.07 Å². The normalized spacial score (nSPS) is 26.3. The minimum atomic E-state index is -1.74. The number of hydrogen-bond acceptors (Lipinski definition) is 10. The van der Waals surface area contributed by atoms with Crippen molar-refractivity contribution in [3.8, 4) is 28.4 Å². The molecule has 0 bridgehead atoms. The van der Waals surface area contributed by atoms with Crippen LogP contribution in [0.25, 0.3) is 22.1 Å². The summed E-state index contributed by atoms with van der Waals surface area (Å²) in [4.78, 5) is 13.1. The Labute approximate surface area is 174 Å². The van der Waals surface area contributed by atoms with Crippen molar-refractivity contribution in [1.29, 1.82) is 0 Å². The third-order valence-electron chi connectivity index (χ3n) is 5.40. The third kappa shape index (κ3) is 3.40. The van der Waals surface area contributed by atoms with Crippen LogP contribution in [0.2, 0.25) is 0 Å². The van der Waals surface area contributed by atoms with Crippen molar-refractivity contribution in [2.24, 2.45) is 0 Å². The molecule has 0 unspecified atom stereocenters. The fourth-order valence-electron chi connectivity index (χ4n) is 3.75. The van der Waals surface area contributed by atoms with Crippen LogP contribution in [0, 0.1) is 0 Å². The van der Waals surface area contributed by atoms with Crippen molar-refractivity contribution in [3.05, 3.63) is 52.4 Å². The van der Waals surface area contributed by atoms with E-state index in [2.05, 4.69) is 0 Å². The van der Waals surface area contributed by atoms with Crippen LogP contribution in [0.5, 0.6) is 17.2 Å². The predicted molar refractivity (Wildman–Crippen MR) is 106 cm³/mol. The summed E-state index contributed by atoms with van der Waals surface area (Å²) >= 11 is 0. The van der Waals surface area contributed by atoms with Gasteiger partial charge in [0.25, 0.3) is 0 Å². The lowest BCUT2D eigenvalue weighted by atomic mass is 9.89. The molecule has 5 atom stereocenters. The van der Waals surface area contributed by atoms with E-state index in [-0.39, 0.29) is 27.8 Å². The Morgan fingerprint density at radius 2 is 1.58 bits per heavy atom. The molecular weight excluding hydrogens is 412 g/mol. The molecule has 10 heteroatoms. The summed E-state index contributed by atoms with van der Waals surface area (Å²) in [6.07, 6.45) is -6.73. The second kappa shape index (κ2) is 7.84. The quantitative estimate of drug-likeness (QED) is 0.300. The number of ether oxygens (including phenoxy) is 1. The number of fused-ring (bicyclic) bond motifs is 1. The molecule has 2 aromatic carbocycles. The van der Waals surface area contributed by atoms with Gasteiger partial charge < -0.3 is 44.9 Å². The highest BCUT2D eigenvalue weighted by molar-refractivity contribution is 5.91. The lowest BCUT2D eigenvalue weighted by Gasteiger charge is -2.40.